The van der Waals surface area contributed by atoms with Crippen molar-refractivity contribution in [3.8, 4) is 11.5 Å². The molecule has 0 unspecified atom stereocenters. The number of rotatable bonds is 5. The molecule has 2 amide bonds. The minimum absolute atomic E-state index is 0.128. The quantitative estimate of drug-likeness (QED) is 0.504. The second-order valence-electron chi connectivity index (χ2n) is 7.24. The molecule has 4 rings (SSSR count). The number of hydrogen-bond donors (Lipinski definition) is 3. The van der Waals surface area contributed by atoms with Crippen molar-refractivity contribution < 1.29 is 14.6 Å². The molecular formula is C21H25N7O3S. The van der Waals surface area contributed by atoms with Crippen LogP contribution in [0.5, 0.6) is 11.5 Å². The summed E-state index contributed by atoms with van der Waals surface area (Å²) in [5, 5.41) is 12.5. The first-order chi connectivity index (χ1) is 15.5. The maximum atomic E-state index is 12.0. The zero-order valence-corrected chi connectivity index (χ0v) is 18.8. The van der Waals surface area contributed by atoms with Crippen LogP contribution in [-0.4, -0.2) is 70.2 Å². The van der Waals surface area contributed by atoms with Gasteiger partial charge in [-0.2, -0.15) is 0 Å². The van der Waals surface area contributed by atoms with Gasteiger partial charge in [0, 0.05) is 44.5 Å². The van der Waals surface area contributed by atoms with Crippen molar-refractivity contribution in [3.63, 3.8) is 0 Å². The fourth-order valence-electron chi connectivity index (χ4n) is 3.50. The third kappa shape index (κ3) is 4.57. The SMILES string of the molecule is CCN(S)C(=O)Nc1cnc2ccc(N3CCN(c4ccc(O)c(OC)c4)CC3)nc2n1. The fourth-order valence-corrected chi connectivity index (χ4v) is 3.55. The summed E-state index contributed by atoms with van der Waals surface area (Å²) in [6, 6.07) is 8.81. The summed E-state index contributed by atoms with van der Waals surface area (Å²) in [4.78, 5) is 29.9. The van der Waals surface area contributed by atoms with Crippen LogP contribution in [-0.2, 0) is 0 Å². The van der Waals surface area contributed by atoms with Crippen LogP contribution in [0.15, 0.2) is 36.5 Å². The van der Waals surface area contributed by atoms with Crippen LogP contribution in [0, 0.1) is 0 Å². The first-order valence-electron chi connectivity index (χ1n) is 10.3. The molecule has 3 aromatic rings. The lowest BCUT2D eigenvalue weighted by Gasteiger charge is -2.36. The molecule has 2 aromatic heterocycles. The van der Waals surface area contributed by atoms with Crippen LogP contribution in [0.4, 0.5) is 22.1 Å². The number of methoxy groups -OCH3 is 1. The number of nitrogens with zero attached hydrogens (tertiary/aromatic N) is 6. The molecule has 0 saturated carbocycles. The van der Waals surface area contributed by atoms with Crippen LogP contribution in [0.2, 0.25) is 0 Å². The Kier molecular flexibility index (Phi) is 6.35. The molecule has 1 aliphatic heterocycles. The molecule has 0 bridgehead atoms. The van der Waals surface area contributed by atoms with Gasteiger partial charge < -0.3 is 19.6 Å². The molecule has 2 N–H and O–H groups in total. The molecule has 3 heterocycles. The van der Waals surface area contributed by atoms with Crippen molar-refractivity contribution in [1.29, 1.82) is 0 Å². The second-order valence-corrected chi connectivity index (χ2v) is 7.73. The number of hydrogen-bond acceptors (Lipinski definition) is 9. The van der Waals surface area contributed by atoms with E-state index in [1.54, 1.807) is 13.2 Å². The average molecular weight is 456 g/mol. The summed E-state index contributed by atoms with van der Waals surface area (Å²) < 4.78 is 6.47. The van der Waals surface area contributed by atoms with Gasteiger partial charge in [0.25, 0.3) is 0 Å². The van der Waals surface area contributed by atoms with Crippen LogP contribution < -0.4 is 19.9 Å². The lowest BCUT2D eigenvalue weighted by Crippen LogP contribution is -2.46. The number of urea groups is 1. The molecule has 0 radical (unpaired) electrons. The van der Waals surface area contributed by atoms with E-state index >= 15 is 0 Å². The second kappa shape index (κ2) is 9.35. The topological polar surface area (TPSA) is 107 Å². The summed E-state index contributed by atoms with van der Waals surface area (Å²) in [6.07, 6.45) is 1.50. The fraction of sp³-hybridized carbons (Fsp3) is 0.333. The number of piperazine rings is 1. The number of carbonyl (C=O) groups excluding carboxylic acids is 1. The highest BCUT2D eigenvalue weighted by molar-refractivity contribution is 7.78. The number of amides is 2. The van der Waals surface area contributed by atoms with Crippen molar-refractivity contribution in [2.45, 2.75) is 6.92 Å². The van der Waals surface area contributed by atoms with E-state index in [0.717, 1.165) is 37.7 Å². The van der Waals surface area contributed by atoms with Gasteiger partial charge in [-0.3, -0.25) is 9.62 Å². The van der Waals surface area contributed by atoms with E-state index < -0.39 is 0 Å². The van der Waals surface area contributed by atoms with Gasteiger partial charge in [-0.25, -0.2) is 19.7 Å². The van der Waals surface area contributed by atoms with E-state index in [9.17, 15) is 9.90 Å². The van der Waals surface area contributed by atoms with Gasteiger partial charge in [0.2, 0.25) is 0 Å². The van der Waals surface area contributed by atoms with Crippen molar-refractivity contribution in [1.82, 2.24) is 19.3 Å². The van der Waals surface area contributed by atoms with E-state index in [1.807, 2.05) is 31.2 Å². The average Bonchev–Trinajstić information content (AvgIpc) is 2.83. The zero-order valence-electron chi connectivity index (χ0n) is 17.9. The number of pyridine rings is 1. The van der Waals surface area contributed by atoms with Crippen LogP contribution >= 0.6 is 12.8 Å². The molecule has 1 saturated heterocycles. The summed E-state index contributed by atoms with van der Waals surface area (Å²) in [7, 11) is 1.54. The highest BCUT2D eigenvalue weighted by Crippen LogP contribution is 2.31. The smallest absolute Gasteiger partial charge is 0.332 e. The first kappa shape index (κ1) is 21.8. The number of phenolic OH excluding ortho intramolecular Hbond substituents is 1. The third-order valence-corrected chi connectivity index (χ3v) is 5.76. The Bertz CT molecular complexity index is 1120. The number of carbonyl (C=O) groups is 1. The Labute approximate surface area is 191 Å². The zero-order chi connectivity index (χ0) is 22.7. The van der Waals surface area contributed by atoms with Crippen LogP contribution in [0.1, 0.15) is 6.92 Å². The first-order valence-corrected chi connectivity index (χ1v) is 10.7. The van der Waals surface area contributed by atoms with Gasteiger partial charge in [-0.1, -0.05) is 12.8 Å². The molecule has 1 fully saturated rings. The third-order valence-electron chi connectivity index (χ3n) is 5.29. The van der Waals surface area contributed by atoms with E-state index in [0.29, 0.717) is 29.3 Å². The number of aromatic hydroxyl groups is 1. The molecule has 168 valence electrons. The van der Waals surface area contributed by atoms with Gasteiger partial charge in [-0.15, -0.1) is 0 Å². The van der Waals surface area contributed by atoms with Gasteiger partial charge in [-0.05, 0) is 31.2 Å². The highest BCUT2D eigenvalue weighted by atomic mass is 32.1. The highest BCUT2D eigenvalue weighted by Gasteiger charge is 2.20. The predicted molar refractivity (Wildman–Crippen MR) is 127 cm³/mol. The Hall–Kier alpha value is -3.47. The number of fused-ring (bicyclic) bond motifs is 1. The van der Waals surface area contributed by atoms with Crippen molar-refractivity contribution in [3.05, 3.63) is 36.5 Å². The number of ether oxygens (including phenoxy) is 1. The van der Waals surface area contributed by atoms with Crippen LogP contribution in [0.3, 0.4) is 0 Å². The number of phenols is 1. The van der Waals surface area contributed by atoms with Gasteiger partial charge in [0.1, 0.15) is 11.3 Å². The van der Waals surface area contributed by atoms with Gasteiger partial charge in [0.05, 0.1) is 13.3 Å². The Balaban J connectivity index is 1.46. The number of anilines is 3. The van der Waals surface area contributed by atoms with Crippen molar-refractivity contribution in [2.24, 2.45) is 0 Å². The maximum Gasteiger partial charge on any atom is 0.332 e. The normalized spacial score (nSPS) is 13.8. The van der Waals surface area contributed by atoms with Gasteiger partial charge >= 0.3 is 6.03 Å². The number of nitrogens with one attached hydrogen (secondary N) is 1. The molecule has 1 aliphatic rings. The minimum Gasteiger partial charge on any atom is -0.504 e. The van der Waals surface area contributed by atoms with Crippen LogP contribution in [0.25, 0.3) is 11.2 Å². The molecule has 0 aliphatic carbocycles. The number of aromatic nitrogens is 3. The Morgan fingerprint density at radius 1 is 1.19 bits per heavy atom. The lowest BCUT2D eigenvalue weighted by molar-refractivity contribution is 0.240. The summed E-state index contributed by atoms with van der Waals surface area (Å²) in [5.74, 6) is 1.72. The van der Waals surface area contributed by atoms with Crippen molar-refractivity contribution >= 4 is 47.3 Å². The predicted octanol–water partition coefficient (Wildman–Crippen LogP) is 2.76. The summed E-state index contributed by atoms with van der Waals surface area (Å²) in [6.45, 7) is 5.42. The minimum atomic E-state index is -0.373. The maximum absolute atomic E-state index is 12.0. The molecule has 11 heteroatoms. The summed E-state index contributed by atoms with van der Waals surface area (Å²) >= 11 is 4.09. The largest absolute Gasteiger partial charge is 0.504 e. The Morgan fingerprint density at radius 2 is 1.94 bits per heavy atom. The van der Waals surface area contributed by atoms with E-state index in [4.69, 9.17) is 4.74 Å². The Morgan fingerprint density at radius 3 is 2.66 bits per heavy atom. The molecular weight excluding hydrogens is 430 g/mol. The molecule has 0 spiro atoms. The van der Waals surface area contributed by atoms with E-state index in [2.05, 4.69) is 42.9 Å². The van der Waals surface area contributed by atoms with E-state index in [-0.39, 0.29) is 11.8 Å². The lowest BCUT2D eigenvalue weighted by atomic mass is 10.2. The molecule has 32 heavy (non-hydrogen) atoms. The molecule has 10 nitrogen and oxygen atoms in total. The number of benzene rings is 1. The van der Waals surface area contributed by atoms with E-state index in [1.165, 1.54) is 10.5 Å². The monoisotopic (exact) mass is 455 g/mol. The standard InChI is InChI=1S/C21H25N7O3S/c1-3-28(32)21(30)24-18-13-22-15-5-7-19(25-20(15)23-18)27-10-8-26(9-11-27)14-4-6-16(29)17(12-14)31-2/h4-7,12-13,29,32H,3,8-11H2,1-2H3,(H,23,24,25,30). The molecule has 0 atom stereocenters. The summed E-state index contributed by atoms with van der Waals surface area (Å²) in [5.41, 5.74) is 2.12. The van der Waals surface area contributed by atoms with Crippen molar-refractivity contribution in [2.75, 3.05) is 55.0 Å². The number of thiol groups is 1. The van der Waals surface area contributed by atoms with Gasteiger partial charge in [0.15, 0.2) is 23.0 Å². The molecule has 1 aromatic carbocycles.